The van der Waals surface area contributed by atoms with Crippen molar-refractivity contribution in [1.29, 1.82) is 0 Å². The second kappa shape index (κ2) is 4.56. The third kappa shape index (κ3) is 1.97. The zero-order valence-corrected chi connectivity index (χ0v) is 9.89. The Labute approximate surface area is 105 Å². The standard InChI is InChI=1S/C14H13N3O/c18-14(12-7-15-9-16-8-12)11-3-4-13-10(6-11)2-1-5-17-13/h3-4,6-9,17H,1-2,5H2. The molecule has 0 aliphatic carbocycles. The lowest BCUT2D eigenvalue weighted by molar-refractivity contribution is 0.103. The van der Waals surface area contributed by atoms with Gasteiger partial charge in [-0.05, 0) is 36.6 Å². The number of rotatable bonds is 2. The summed E-state index contributed by atoms with van der Waals surface area (Å²) >= 11 is 0. The van der Waals surface area contributed by atoms with Crippen molar-refractivity contribution in [2.75, 3.05) is 11.9 Å². The Bertz CT molecular complexity index is 581. The number of carbonyl (C=O) groups is 1. The van der Waals surface area contributed by atoms with Gasteiger partial charge in [-0.2, -0.15) is 0 Å². The van der Waals surface area contributed by atoms with Crippen LogP contribution in [0.5, 0.6) is 0 Å². The molecule has 0 saturated heterocycles. The largest absolute Gasteiger partial charge is 0.385 e. The minimum Gasteiger partial charge on any atom is -0.385 e. The van der Waals surface area contributed by atoms with Crippen LogP contribution in [0.1, 0.15) is 27.9 Å². The molecular formula is C14H13N3O. The van der Waals surface area contributed by atoms with E-state index in [1.807, 2.05) is 18.2 Å². The van der Waals surface area contributed by atoms with Crippen LogP contribution in [0.4, 0.5) is 5.69 Å². The summed E-state index contributed by atoms with van der Waals surface area (Å²) in [6.45, 7) is 1.01. The lowest BCUT2D eigenvalue weighted by Crippen LogP contribution is -2.13. The minimum absolute atomic E-state index is 0.0241. The Morgan fingerprint density at radius 3 is 2.83 bits per heavy atom. The summed E-state index contributed by atoms with van der Waals surface area (Å²) in [6.07, 6.45) is 6.65. The van der Waals surface area contributed by atoms with E-state index in [1.54, 1.807) is 12.4 Å². The average Bonchev–Trinajstić information content (AvgIpc) is 2.47. The molecule has 0 fully saturated rings. The van der Waals surface area contributed by atoms with E-state index >= 15 is 0 Å². The van der Waals surface area contributed by atoms with E-state index in [1.165, 1.54) is 11.9 Å². The van der Waals surface area contributed by atoms with E-state index in [0.717, 1.165) is 25.1 Å². The molecule has 0 spiro atoms. The van der Waals surface area contributed by atoms with E-state index in [4.69, 9.17) is 0 Å². The Balaban J connectivity index is 1.95. The minimum atomic E-state index is -0.0241. The maximum Gasteiger partial charge on any atom is 0.196 e. The summed E-state index contributed by atoms with van der Waals surface area (Å²) in [4.78, 5) is 20.0. The highest BCUT2D eigenvalue weighted by Crippen LogP contribution is 2.23. The van der Waals surface area contributed by atoms with Gasteiger partial charge in [0.2, 0.25) is 0 Å². The summed E-state index contributed by atoms with van der Waals surface area (Å²) in [5.41, 5.74) is 3.58. The van der Waals surface area contributed by atoms with Crippen LogP contribution in [0.15, 0.2) is 36.9 Å². The molecule has 1 aliphatic rings. The predicted molar refractivity (Wildman–Crippen MR) is 68.7 cm³/mol. The molecule has 0 amide bonds. The second-order valence-corrected chi connectivity index (χ2v) is 4.36. The number of ketones is 1. The third-order valence-electron chi connectivity index (χ3n) is 3.13. The van der Waals surface area contributed by atoms with Crippen molar-refractivity contribution >= 4 is 11.5 Å². The van der Waals surface area contributed by atoms with Crippen LogP contribution < -0.4 is 5.32 Å². The van der Waals surface area contributed by atoms with Gasteiger partial charge in [-0.1, -0.05) is 0 Å². The fourth-order valence-corrected chi connectivity index (χ4v) is 2.20. The Morgan fingerprint density at radius 2 is 2.00 bits per heavy atom. The number of benzene rings is 1. The SMILES string of the molecule is O=C(c1cncnc1)c1ccc2c(c1)CCCN2. The molecule has 0 saturated carbocycles. The number of hydrogen-bond acceptors (Lipinski definition) is 4. The number of aryl methyl sites for hydroxylation is 1. The molecule has 1 aromatic carbocycles. The molecule has 4 heteroatoms. The fourth-order valence-electron chi connectivity index (χ4n) is 2.20. The molecule has 0 atom stereocenters. The molecule has 18 heavy (non-hydrogen) atoms. The van der Waals surface area contributed by atoms with Gasteiger partial charge >= 0.3 is 0 Å². The molecule has 1 N–H and O–H groups in total. The Kier molecular flexibility index (Phi) is 2.76. The molecule has 2 aromatic rings. The number of fused-ring (bicyclic) bond motifs is 1. The summed E-state index contributed by atoms with van der Waals surface area (Å²) in [5, 5.41) is 3.33. The number of aromatic nitrogens is 2. The van der Waals surface area contributed by atoms with Crippen molar-refractivity contribution in [3.05, 3.63) is 53.6 Å². The highest BCUT2D eigenvalue weighted by Gasteiger charge is 2.14. The number of nitrogens with one attached hydrogen (secondary N) is 1. The first kappa shape index (κ1) is 10.9. The maximum atomic E-state index is 12.2. The molecule has 4 nitrogen and oxygen atoms in total. The number of carbonyl (C=O) groups excluding carboxylic acids is 1. The zero-order valence-electron chi connectivity index (χ0n) is 9.89. The van der Waals surface area contributed by atoms with Crippen LogP contribution >= 0.6 is 0 Å². The number of nitrogens with zero attached hydrogens (tertiary/aromatic N) is 2. The zero-order chi connectivity index (χ0) is 12.4. The monoisotopic (exact) mass is 239 g/mol. The van der Waals surface area contributed by atoms with Gasteiger partial charge in [0.05, 0.1) is 5.56 Å². The highest BCUT2D eigenvalue weighted by molar-refractivity contribution is 6.08. The third-order valence-corrected chi connectivity index (χ3v) is 3.13. The van der Waals surface area contributed by atoms with E-state index in [2.05, 4.69) is 15.3 Å². The Morgan fingerprint density at radius 1 is 1.17 bits per heavy atom. The molecular weight excluding hydrogens is 226 g/mol. The first-order valence-electron chi connectivity index (χ1n) is 6.01. The molecule has 1 aliphatic heterocycles. The summed E-state index contributed by atoms with van der Waals surface area (Å²) in [5.74, 6) is -0.0241. The van der Waals surface area contributed by atoms with Crippen LogP contribution in [0.2, 0.25) is 0 Å². The van der Waals surface area contributed by atoms with E-state index in [9.17, 15) is 4.79 Å². The molecule has 0 unspecified atom stereocenters. The van der Waals surface area contributed by atoms with Crippen molar-refractivity contribution in [1.82, 2.24) is 9.97 Å². The van der Waals surface area contributed by atoms with Crippen molar-refractivity contribution in [2.24, 2.45) is 0 Å². The van der Waals surface area contributed by atoms with E-state index in [0.29, 0.717) is 11.1 Å². The molecule has 2 heterocycles. The van der Waals surface area contributed by atoms with Gasteiger partial charge in [-0.3, -0.25) is 4.79 Å². The van der Waals surface area contributed by atoms with Crippen LogP contribution in [-0.2, 0) is 6.42 Å². The summed E-state index contributed by atoms with van der Waals surface area (Å²) < 4.78 is 0. The van der Waals surface area contributed by atoms with Gasteiger partial charge < -0.3 is 5.32 Å². The number of anilines is 1. The highest BCUT2D eigenvalue weighted by atomic mass is 16.1. The maximum absolute atomic E-state index is 12.2. The van der Waals surface area contributed by atoms with E-state index < -0.39 is 0 Å². The molecule has 3 rings (SSSR count). The van der Waals surface area contributed by atoms with Crippen molar-refractivity contribution in [3.8, 4) is 0 Å². The van der Waals surface area contributed by atoms with Gasteiger partial charge in [-0.25, -0.2) is 9.97 Å². The van der Waals surface area contributed by atoms with Crippen LogP contribution in [0.25, 0.3) is 0 Å². The summed E-state index contributed by atoms with van der Waals surface area (Å²) in [7, 11) is 0. The lowest BCUT2D eigenvalue weighted by Gasteiger charge is -2.18. The van der Waals surface area contributed by atoms with Gasteiger partial charge in [0.1, 0.15) is 6.33 Å². The number of hydrogen-bond donors (Lipinski definition) is 1. The fraction of sp³-hybridized carbons (Fsp3) is 0.214. The normalized spacial score (nSPS) is 13.6. The predicted octanol–water partition coefficient (Wildman–Crippen LogP) is 2.07. The molecule has 0 bridgehead atoms. The lowest BCUT2D eigenvalue weighted by atomic mass is 9.97. The van der Waals surface area contributed by atoms with Gasteiger partial charge in [0, 0.05) is 30.2 Å². The second-order valence-electron chi connectivity index (χ2n) is 4.36. The summed E-state index contributed by atoms with van der Waals surface area (Å²) in [6, 6.07) is 5.80. The van der Waals surface area contributed by atoms with Gasteiger partial charge in [0.15, 0.2) is 5.78 Å². The first-order valence-corrected chi connectivity index (χ1v) is 6.01. The smallest absolute Gasteiger partial charge is 0.196 e. The van der Waals surface area contributed by atoms with Gasteiger partial charge in [0.25, 0.3) is 0 Å². The van der Waals surface area contributed by atoms with Crippen molar-refractivity contribution in [3.63, 3.8) is 0 Å². The molecule has 0 radical (unpaired) electrons. The van der Waals surface area contributed by atoms with Crippen molar-refractivity contribution < 1.29 is 4.79 Å². The Hall–Kier alpha value is -2.23. The average molecular weight is 239 g/mol. The topological polar surface area (TPSA) is 54.9 Å². The molecule has 1 aromatic heterocycles. The molecule has 90 valence electrons. The quantitative estimate of drug-likeness (QED) is 0.815. The van der Waals surface area contributed by atoms with Crippen molar-refractivity contribution in [2.45, 2.75) is 12.8 Å². The van der Waals surface area contributed by atoms with Gasteiger partial charge in [-0.15, -0.1) is 0 Å². The van der Waals surface area contributed by atoms with E-state index in [-0.39, 0.29) is 5.78 Å². The van der Waals surface area contributed by atoms with Crippen LogP contribution in [0, 0.1) is 0 Å². The van der Waals surface area contributed by atoms with Crippen LogP contribution in [0.3, 0.4) is 0 Å². The first-order chi connectivity index (χ1) is 8.84. The van der Waals surface area contributed by atoms with Crippen LogP contribution in [-0.4, -0.2) is 22.3 Å².